The lowest BCUT2D eigenvalue weighted by Crippen LogP contribution is -2.56. The van der Waals surface area contributed by atoms with Crippen LogP contribution in [0.5, 0.6) is 0 Å². The van der Waals surface area contributed by atoms with Gasteiger partial charge in [-0.1, -0.05) is 0 Å². The monoisotopic (exact) mass is 418 g/mol. The predicted molar refractivity (Wildman–Crippen MR) is 96.5 cm³/mol. The first-order chi connectivity index (χ1) is 13.3. The number of rotatable bonds is 13. The van der Waals surface area contributed by atoms with Crippen molar-refractivity contribution in [1.82, 2.24) is 16.0 Å². The van der Waals surface area contributed by atoms with Crippen LogP contribution in [0.2, 0.25) is 0 Å². The summed E-state index contributed by atoms with van der Waals surface area (Å²) in [5.41, 5.74) is 5.40. The first kappa shape index (κ1) is 25.8. The molecule has 0 aliphatic heterocycles. The van der Waals surface area contributed by atoms with E-state index in [9.17, 15) is 28.8 Å². The normalized spacial score (nSPS) is 14.6. The van der Waals surface area contributed by atoms with Crippen LogP contribution in [0.4, 0.5) is 0 Å². The summed E-state index contributed by atoms with van der Waals surface area (Å²) in [6, 6.07) is -4.95. The van der Waals surface area contributed by atoms with Crippen molar-refractivity contribution < 1.29 is 44.1 Å². The number of hydrogen-bond acceptors (Lipinski definition) is 7. The Labute approximate surface area is 166 Å². The van der Waals surface area contributed by atoms with Gasteiger partial charge in [-0.25, -0.2) is 4.79 Å². The first-order valence-electron chi connectivity index (χ1n) is 8.68. The molecule has 4 atom stereocenters. The second kappa shape index (κ2) is 12.3. The maximum atomic E-state index is 12.3. The van der Waals surface area contributed by atoms with Crippen molar-refractivity contribution in [1.29, 1.82) is 0 Å². The van der Waals surface area contributed by atoms with E-state index >= 15 is 0 Å². The van der Waals surface area contributed by atoms with Gasteiger partial charge in [-0.2, -0.15) is 0 Å². The number of amides is 3. The molecule has 0 rings (SSSR count). The lowest BCUT2D eigenvalue weighted by molar-refractivity contribution is -0.143. The van der Waals surface area contributed by atoms with Gasteiger partial charge in [-0.3, -0.25) is 24.0 Å². The molecule has 0 aliphatic rings. The van der Waals surface area contributed by atoms with Gasteiger partial charge in [-0.05, 0) is 26.7 Å². The zero-order valence-corrected chi connectivity index (χ0v) is 16.0. The summed E-state index contributed by atoms with van der Waals surface area (Å²) < 4.78 is 0. The van der Waals surface area contributed by atoms with Crippen LogP contribution >= 0.6 is 0 Å². The highest BCUT2D eigenvalue weighted by Crippen LogP contribution is 2.02. The highest BCUT2D eigenvalue weighted by molar-refractivity contribution is 5.94. The van der Waals surface area contributed by atoms with E-state index in [0.29, 0.717) is 0 Å². The average Bonchev–Trinajstić information content (AvgIpc) is 2.60. The number of carboxylic acid groups (broad SMARTS) is 3. The molecule has 0 bridgehead atoms. The molecule has 0 fully saturated rings. The van der Waals surface area contributed by atoms with Crippen LogP contribution in [0.15, 0.2) is 0 Å². The Balaban J connectivity index is 5.00. The average molecular weight is 418 g/mol. The van der Waals surface area contributed by atoms with E-state index in [4.69, 9.17) is 21.1 Å². The molecule has 0 radical (unpaired) electrons. The van der Waals surface area contributed by atoms with Crippen molar-refractivity contribution in [3.05, 3.63) is 0 Å². The molecule has 13 nitrogen and oxygen atoms in total. The van der Waals surface area contributed by atoms with Crippen LogP contribution in [0, 0.1) is 0 Å². The van der Waals surface area contributed by atoms with Crippen LogP contribution in [0.3, 0.4) is 0 Å². The summed E-state index contributed by atoms with van der Waals surface area (Å²) >= 11 is 0. The Morgan fingerprint density at radius 2 is 1.17 bits per heavy atom. The summed E-state index contributed by atoms with van der Waals surface area (Å²) in [4.78, 5) is 68.6. The third-order valence-electron chi connectivity index (χ3n) is 3.71. The smallest absolute Gasteiger partial charge is 0.326 e. The molecule has 0 heterocycles. The molecular weight excluding hydrogens is 392 g/mol. The molecule has 0 aromatic heterocycles. The lowest BCUT2D eigenvalue weighted by atomic mass is 10.1. The van der Waals surface area contributed by atoms with E-state index in [0.717, 1.165) is 0 Å². The van der Waals surface area contributed by atoms with E-state index in [-0.39, 0.29) is 12.8 Å². The second-order valence-electron chi connectivity index (χ2n) is 6.34. The Bertz CT molecular complexity index is 650. The summed E-state index contributed by atoms with van der Waals surface area (Å²) in [5, 5.41) is 33.1. The Morgan fingerprint density at radius 1 is 0.724 bits per heavy atom. The fraction of sp³-hybridized carbons (Fsp3) is 0.625. The number of aliphatic carboxylic acids is 3. The van der Waals surface area contributed by atoms with Crippen molar-refractivity contribution in [2.45, 2.75) is 63.7 Å². The number of carboxylic acids is 3. The summed E-state index contributed by atoms with van der Waals surface area (Å²) in [6.45, 7) is 2.60. The van der Waals surface area contributed by atoms with Gasteiger partial charge in [0.05, 0.1) is 6.04 Å². The Morgan fingerprint density at radius 3 is 1.59 bits per heavy atom. The standard InChI is InChI=1S/C16H26N4O9/c1-7(17)13(25)19-9(3-5-11(21)22)15(27)18-8(2)14(26)20-10(16(28)29)4-6-12(23)24/h7-10H,3-6,17H2,1-2H3,(H,18,27)(H,19,25)(H,20,26)(H,21,22)(H,23,24)(H,28,29)/t7-,8-,9-,10-/m0/s1. The van der Waals surface area contributed by atoms with Crippen molar-refractivity contribution in [3.8, 4) is 0 Å². The Hall–Kier alpha value is -3.22. The second-order valence-corrected chi connectivity index (χ2v) is 6.34. The number of carbonyl (C=O) groups is 6. The van der Waals surface area contributed by atoms with E-state index in [2.05, 4.69) is 16.0 Å². The highest BCUT2D eigenvalue weighted by Gasteiger charge is 2.28. The molecule has 0 aromatic carbocycles. The Kier molecular flexibility index (Phi) is 10.9. The fourth-order valence-electron chi connectivity index (χ4n) is 2.04. The molecule has 164 valence electrons. The largest absolute Gasteiger partial charge is 0.481 e. The number of nitrogens with one attached hydrogen (secondary N) is 3. The van der Waals surface area contributed by atoms with Gasteiger partial charge in [0.25, 0.3) is 0 Å². The molecule has 0 saturated heterocycles. The molecule has 0 saturated carbocycles. The van der Waals surface area contributed by atoms with Gasteiger partial charge < -0.3 is 37.0 Å². The molecule has 0 unspecified atom stereocenters. The van der Waals surface area contributed by atoms with E-state index in [1.165, 1.54) is 13.8 Å². The number of nitrogens with two attached hydrogens (primary N) is 1. The molecule has 0 aliphatic carbocycles. The zero-order chi connectivity index (χ0) is 22.7. The highest BCUT2D eigenvalue weighted by atomic mass is 16.4. The summed E-state index contributed by atoms with van der Waals surface area (Å²) in [7, 11) is 0. The van der Waals surface area contributed by atoms with Crippen molar-refractivity contribution in [3.63, 3.8) is 0 Å². The zero-order valence-electron chi connectivity index (χ0n) is 16.0. The van der Waals surface area contributed by atoms with Gasteiger partial charge in [0, 0.05) is 12.8 Å². The summed E-state index contributed by atoms with van der Waals surface area (Å²) in [5.74, 6) is -6.34. The van der Waals surface area contributed by atoms with Gasteiger partial charge in [0.15, 0.2) is 0 Å². The molecule has 0 aromatic rings. The van der Waals surface area contributed by atoms with E-state index in [1.54, 1.807) is 0 Å². The first-order valence-corrected chi connectivity index (χ1v) is 8.68. The fourth-order valence-corrected chi connectivity index (χ4v) is 2.04. The molecular formula is C16H26N4O9. The van der Waals surface area contributed by atoms with Crippen LogP contribution in [-0.2, 0) is 28.8 Å². The third kappa shape index (κ3) is 10.6. The molecule has 0 spiro atoms. The van der Waals surface area contributed by atoms with Crippen LogP contribution in [0.25, 0.3) is 0 Å². The molecule has 3 amide bonds. The summed E-state index contributed by atoms with van der Waals surface area (Å²) in [6.07, 6.45) is -1.54. The number of carbonyl (C=O) groups excluding carboxylic acids is 3. The van der Waals surface area contributed by atoms with Crippen LogP contribution in [0.1, 0.15) is 39.5 Å². The van der Waals surface area contributed by atoms with Gasteiger partial charge in [-0.15, -0.1) is 0 Å². The SMILES string of the molecule is C[C@H](N)C(=O)N[C@@H](CCC(=O)O)C(=O)N[C@@H](C)C(=O)N[C@@H](CCC(=O)O)C(=O)O. The minimum Gasteiger partial charge on any atom is -0.481 e. The molecule has 29 heavy (non-hydrogen) atoms. The number of hydrogen-bond donors (Lipinski definition) is 7. The maximum absolute atomic E-state index is 12.3. The molecule has 13 heteroatoms. The maximum Gasteiger partial charge on any atom is 0.326 e. The van der Waals surface area contributed by atoms with Crippen LogP contribution < -0.4 is 21.7 Å². The van der Waals surface area contributed by atoms with Crippen molar-refractivity contribution in [2.75, 3.05) is 0 Å². The van der Waals surface area contributed by atoms with Crippen LogP contribution in [-0.4, -0.2) is 75.1 Å². The minimum atomic E-state index is -1.47. The van der Waals surface area contributed by atoms with Crippen molar-refractivity contribution in [2.24, 2.45) is 5.73 Å². The van der Waals surface area contributed by atoms with Gasteiger partial charge >= 0.3 is 17.9 Å². The minimum absolute atomic E-state index is 0.260. The van der Waals surface area contributed by atoms with E-state index in [1.807, 2.05) is 0 Å². The van der Waals surface area contributed by atoms with Gasteiger partial charge in [0.2, 0.25) is 17.7 Å². The molecule has 8 N–H and O–H groups in total. The topological polar surface area (TPSA) is 225 Å². The lowest BCUT2D eigenvalue weighted by Gasteiger charge is -2.22. The van der Waals surface area contributed by atoms with Gasteiger partial charge in [0.1, 0.15) is 18.1 Å². The van der Waals surface area contributed by atoms with Crippen molar-refractivity contribution >= 4 is 35.6 Å². The predicted octanol–water partition coefficient (Wildman–Crippen LogP) is -2.38. The van der Waals surface area contributed by atoms with E-state index < -0.39 is 72.6 Å². The quantitative estimate of drug-likeness (QED) is 0.168. The third-order valence-corrected chi connectivity index (χ3v) is 3.71.